The molecule has 0 bridgehead atoms. The molecule has 0 saturated carbocycles. The van der Waals surface area contributed by atoms with Gasteiger partial charge in [-0.05, 0) is 44.4 Å². The van der Waals surface area contributed by atoms with Gasteiger partial charge in [0.25, 0.3) is 0 Å². The summed E-state index contributed by atoms with van der Waals surface area (Å²) >= 11 is 0. The summed E-state index contributed by atoms with van der Waals surface area (Å²) in [6.45, 7) is 10.8. The first-order valence-corrected chi connectivity index (χ1v) is 8.15. The molecular formula is C18H27N3O2. The van der Waals surface area contributed by atoms with Gasteiger partial charge in [0.15, 0.2) is 0 Å². The standard InChI is InChI=1S/C18H27N3O2/c1-12(2)13-6-8-14(9-7-13)19-17(23)20-15-10-16(22)21(11-15)18(3,4)5/h6-9,12,15H,10-11H2,1-5H3,(H2,19,20,23). The van der Waals surface area contributed by atoms with Crippen LogP contribution in [-0.2, 0) is 4.79 Å². The second-order valence-corrected chi connectivity index (χ2v) is 7.45. The monoisotopic (exact) mass is 317 g/mol. The number of nitrogens with one attached hydrogen (secondary N) is 2. The molecule has 1 heterocycles. The average molecular weight is 317 g/mol. The highest BCUT2D eigenvalue weighted by atomic mass is 16.2. The van der Waals surface area contributed by atoms with Crippen molar-refractivity contribution in [2.45, 2.75) is 58.5 Å². The van der Waals surface area contributed by atoms with Gasteiger partial charge >= 0.3 is 6.03 Å². The summed E-state index contributed by atoms with van der Waals surface area (Å²) in [7, 11) is 0. The minimum absolute atomic E-state index is 0.0871. The predicted octanol–water partition coefficient (Wildman–Crippen LogP) is 3.33. The molecule has 2 N–H and O–H groups in total. The predicted molar refractivity (Wildman–Crippen MR) is 92.6 cm³/mol. The van der Waals surface area contributed by atoms with Crippen molar-refractivity contribution in [3.8, 4) is 0 Å². The molecule has 1 aromatic rings. The van der Waals surface area contributed by atoms with Crippen LogP contribution in [0.15, 0.2) is 24.3 Å². The molecule has 1 aromatic carbocycles. The quantitative estimate of drug-likeness (QED) is 0.898. The van der Waals surface area contributed by atoms with Gasteiger partial charge in [-0.15, -0.1) is 0 Å². The number of carbonyl (C=O) groups excluding carboxylic acids is 2. The third kappa shape index (κ3) is 4.47. The van der Waals surface area contributed by atoms with Gasteiger partial charge in [-0.3, -0.25) is 4.79 Å². The summed E-state index contributed by atoms with van der Waals surface area (Å²) in [5.41, 5.74) is 1.78. The van der Waals surface area contributed by atoms with Crippen molar-refractivity contribution < 1.29 is 9.59 Å². The van der Waals surface area contributed by atoms with Crippen LogP contribution in [0, 0.1) is 0 Å². The topological polar surface area (TPSA) is 61.4 Å². The van der Waals surface area contributed by atoms with Crippen LogP contribution in [-0.4, -0.2) is 35.0 Å². The molecule has 126 valence electrons. The maximum absolute atomic E-state index is 12.1. The van der Waals surface area contributed by atoms with Crippen LogP contribution in [0.4, 0.5) is 10.5 Å². The van der Waals surface area contributed by atoms with E-state index in [1.165, 1.54) is 5.56 Å². The minimum Gasteiger partial charge on any atom is -0.336 e. The van der Waals surface area contributed by atoms with Crippen LogP contribution < -0.4 is 10.6 Å². The van der Waals surface area contributed by atoms with Crippen molar-refractivity contribution in [2.24, 2.45) is 0 Å². The molecule has 2 rings (SSSR count). The van der Waals surface area contributed by atoms with E-state index in [0.717, 1.165) is 5.69 Å². The van der Waals surface area contributed by atoms with Crippen LogP contribution >= 0.6 is 0 Å². The average Bonchev–Trinajstić information content (AvgIpc) is 2.80. The van der Waals surface area contributed by atoms with Gasteiger partial charge in [0.2, 0.25) is 5.91 Å². The Kier molecular flexibility index (Phi) is 4.97. The lowest BCUT2D eigenvalue weighted by atomic mass is 10.0. The first-order valence-electron chi connectivity index (χ1n) is 8.15. The second-order valence-electron chi connectivity index (χ2n) is 7.45. The number of hydrogen-bond acceptors (Lipinski definition) is 2. The molecule has 0 spiro atoms. The number of rotatable bonds is 3. The van der Waals surface area contributed by atoms with E-state index < -0.39 is 0 Å². The molecule has 1 aliphatic rings. The fourth-order valence-electron chi connectivity index (χ4n) is 2.76. The van der Waals surface area contributed by atoms with Crippen LogP contribution in [0.25, 0.3) is 0 Å². The second kappa shape index (κ2) is 6.60. The van der Waals surface area contributed by atoms with Crippen molar-refractivity contribution in [2.75, 3.05) is 11.9 Å². The number of carbonyl (C=O) groups is 2. The van der Waals surface area contributed by atoms with Crippen LogP contribution in [0.2, 0.25) is 0 Å². The minimum atomic E-state index is -0.268. The highest BCUT2D eigenvalue weighted by Gasteiger charge is 2.36. The Labute approximate surface area is 138 Å². The van der Waals surface area contributed by atoms with Gasteiger partial charge in [-0.25, -0.2) is 4.79 Å². The lowest BCUT2D eigenvalue weighted by molar-refractivity contribution is -0.131. The number of hydrogen-bond donors (Lipinski definition) is 2. The Morgan fingerprint density at radius 1 is 1.22 bits per heavy atom. The maximum Gasteiger partial charge on any atom is 0.319 e. The van der Waals surface area contributed by atoms with E-state index in [1.807, 2.05) is 49.9 Å². The molecule has 0 radical (unpaired) electrons. The van der Waals surface area contributed by atoms with E-state index in [4.69, 9.17) is 0 Å². The van der Waals surface area contributed by atoms with Gasteiger partial charge in [-0.1, -0.05) is 26.0 Å². The van der Waals surface area contributed by atoms with Crippen LogP contribution in [0.5, 0.6) is 0 Å². The van der Waals surface area contributed by atoms with Crippen LogP contribution in [0.3, 0.4) is 0 Å². The summed E-state index contributed by atoms with van der Waals surface area (Å²) in [5, 5.41) is 5.71. The zero-order chi connectivity index (χ0) is 17.2. The first-order chi connectivity index (χ1) is 10.7. The highest BCUT2D eigenvalue weighted by molar-refractivity contribution is 5.90. The molecule has 1 saturated heterocycles. The van der Waals surface area contributed by atoms with Gasteiger partial charge in [0.1, 0.15) is 0 Å². The molecule has 5 heteroatoms. The van der Waals surface area contributed by atoms with E-state index in [-0.39, 0.29) is 23.5 Å². The SMILES string of the molecule is CC(C)c1ccc(NC(=O)NC2CC(=O)N(C(C)(C)C)C2)cc1. The Balaban J connectivity index is 1.89. The number of amides is 3. The molecule has 1 aliphatic heterocycles. The Hall–Kier alpha value is -2.04. The van der Waals surface area contributed by atoms with Crippen molar-refractivity contribution in [1.82, 2.24) is 10.2 Å². The third-order valence-corrected chi connectivity index (χ3v) is 4.11. The van der Waals surface area contributed by atoms with Gasteiger partial charge in [0, 0.05) is 24.2 Å². The van der Waals surface area contributed by atoms with Crippen molar-refractivity contribution >= 4 is 17.6 Å². The van der Waals surface area contributed by atoms with Crippen LogP contribution in [0.1, 0.15) is 52.5 Å². The lowest BCUT2D eigenvalue weighted by Crippen LogP contribution is -2.45. The molecular weight excluding hydrogens is 290 g/mol. The Bertz CT molecular complexity index is 573. The number of likely N-dealkylation sites (tertiary alicyclic amines) is 1. The molecule has 1 unspecified atom stereocenters. The summed E-state index contributed by atoms with van der Waals surface area (Å²) in [4.78, 5) is 25.9. The zero-order valence-corrected chi connectivity index (χ0v) is 14.6. The smallest absolute Gasteiger partial charge is 0.319 e. The molecule has 0 aromatic heterocycles. The molecule has 1 atom stereocenters. The molecule has 3 amide bonds. The normalized spacial score (nSPS) is 18.4. The van der Waals surface area contributed by atoms with E-state index in [0.29, 0.717) is 18.9 Å². The zero-order valence-electron chi connectivity index (χ0n) is 14.6. The molecule has 1 fully saturated rings. The van der Waals surface area contributed by atoms with E-state index in [2.05, 4.69) is 24.5 Å². The van der Waals surface area contributed by atoms with E-state index in [1.54, 1.807) is 0 Å². The lowest BCUT2D eigenvalue weighted by Gasteiger charge is -2.32. The molecule has 0 aliphatic carbocycles. The largest absolute Gasteiger partial charge is 0.336 e. The summed E-state index contributed by atoms with van der Waals surface area (Å²) in [5.74, 6) is 0.551. The molecule has 5 nitrogen and oxygen atoms in total. The number of urea groups is 1. The number of anilines is 1. The first kappa shape index (κ1) is 17.3. The van der Waals surface area contributed by atoms with Gasteiger partial charge < -0.3 is 15.5 Å². The van der Waals surface area contributed by atoms with Gasteiger partial charge in [0.05, 0.1) is 6.04 Å². The van der Waals surface area contributed by atoms with E-state index >= 15 is 0 Å². The highest BCUT2D eigenvalue weighted by Crippen LogP contribution is 2.22. The third-order valence-electron chi connectivity index (χ3n) is 4.11. The Morgan fingerprint density at radius 2 is 1.83 bits per heavy atom. The fraction of sp³-hybridized carbons (Fsp3) is 0.556. The summed E-state index contributed by atoms with van der Waals surface area (Å²) in [6, 6.07) is 7.42. The maximum atomic E-state index is 12.1. The fourth-order valence-corrected chi connectivity index (χ4v) is 2.76. The summed E-state index contributed by atoms with van der Waals surface area (Å²) < 4.78 is 0. The Morgan fingerprint density at radius 3 is 2.30 bits per heavy atom. The molecule has 23 heavy (non-hydrogen) atoms. The summed E-state index contributed by atoms with van der Waals surface area (Å²) in [6.07, 6.45) is 0.358. The van der Waals surface area contributed by atoms with Gasteiger partial charge in [-0.2, -0.15) is 0 Å². The number of benzene rings is 1. The van der Waals surface area contributed by atoms with Crippen molar-refractivity contribution in [3.05, 3.63) is 29.8 Å². The number of nitrogens with zero attached hydrogens (tertiary/aromatic N) is 1. The van der Waals surface area contributed by atoms with Crippen molar-refractivity contribution in [3.63, 3.8) is 0 Å². The van der Waals surface area contributed by atoms with E-state index in [9.17, 15) is 9.59 Å². The van der Waals surface area contributed by atoms with Crippen molar-refractivity contribution in [1.29, 1.82) is 0 Å².